The minimum atomic E-state index is -1.22. The Bertz CT molecular complexity index is 1540. The molecule has 8 nitrogen and oxygen atoms in total. The fourth-order valence-corrected chi connectivity index (χ4v) is 5.28. The first-order valence-corrected chi connectivity index (χ1v) is 14.1. The molecule has 0 saturated heterocycles. The summed E-state index contributed by atoms with van der Waals surface area (Å²) in [6.07, 6.45) is -0.845. The Morgan fingerprint density at radius 1 is 0.884 bits per heavy atom. The van der Waals surface area contributed by atoms with E-state index in [0.29, 0.717) is 39.3 Å². The lowest BCUT2D eigenvalue weighted by Gasteiger charge is -2.20. The van der Waals surface area contributed by atoms with Crippen LogP contribution in [0.4, 0.5) is 8.78 Å². The maximum Gasteiger partial charge on any atom is 0.305 e. The van der Waals surface area contributed by atoms with E-state index in [2.05, 4.69) is 10.3 Å². The van der Waals surface area contributed by atoms with E-state index in [9.17, 15) is 28.6 Å². The quantitative estimate of drug-likeness (QED) is 0.162. The van der Waals surface area contributed by atoms with Gasteiger partial charge in [-0.1, -0.05) is 30.3 Å². The third kappa shape index (κ3) is 7.91. The van der Waals surface area contributed by atoms with E-state index < -0.39 is 42.1 Å². The summed E-state index contributed by atoms with van der Waals surface area (Å²) in [5.41, 5.74) is 3.98. The Labute approximate surface area is 248 Å². The average Bonchev–Trinajstić information content (AvgIpc) is 3.31. The Morgan fingerprint density at radius 2 is 1.49 bits per heavy atom. The van der Waals surface area contributed by atoms with Crippen LogP contribution >= 0.6 is 0 Å². The Balaban J connectivity index is 1.87. The molecular formula is C33H35F2N3O5. The molecule has 0 bridgehead atoms. The maximum atomic E-state index is 14.0. The zero-order valence-corrected chi connectivity index (χ0v) is 24.0. The second-order valence-corrected chi connectivity index (χ2v) is 10.7. The van der Waals surface area contributed by atoms with Gasteiger partial charge in [-0.15, -0.1) is 0 Å². The normalized spacial score (nSPS) is 12.7. The van der Waals surface area contributed by atoms with Gasteiger partial charge in [0.25, 0.3) is 5.91 Å². The first-order valence-electron chi connectivity index (χ1n) is 14.1. The molecule has 0 aliphatic carbocycles. The smallest absolute Gasteiger partial charge is 0.305 e. The first kappa shape index (κ1) is 31.5. The number of carboxylic acids is 1. The molecule has 2 unspecified atom stereocenters. The number of benzene rings is 2. The summed E-state index contributed by atoms with van der Waals surface area (Å²) in [5, 5.41) is 32.7. The zero-order chi connectivity index (χ0) is 31.1. The third-order valence-corrected chi connectivity index (χ3v) is 7.13. The summed E-state index contributed by atoms with van der Waals surface area (Å²) in [7, 11) is 0. The molecule has 0 aliphatic heterocycles. The lowest BCUT2D eigenvalue weighted by molar-refractivity contribution is -0.139. The summed E-state index contributed by atoms with van der Waals surface area (Å²) < 4.78 is 29.9. The predicted octanol–water partition coefficient (Wildman–Crippen LogP) is 5.53. The zero-order valence-electron chi connectivity index (χ0n) is 24.0. The van der Waals surface area contributed by atoms with Gasteiger partial charge in [-0.25, -0.2) is 8.78 Å². The van der Waals surface area contributed by atoms with E-state index in [-0.39, 0.29) is 31.8 Å². The molecule has 4 aromatic rings. The van der Waals surface area contributed by atoms with Crippen LogP contribution in [-0.2, 0) is 17.8 Å². The molecule has 0 aliphatic rings. The number of aliphatic carboxylic acids is 1. The van der Waals surface area contributed by atoms with Gasteiger partial charge in [-0.3, -0.25) is 14.6 Å². The van der Waals surface area contributed by atoms with Crippen molar-refractivity contribution in [2.75, 3.05) is 0 Å². The summed E-state index contributed by atoms with van der Waals surface area (Å²) in [5.74, 6) is -2.45. The van der Waals surface area contributed by atoms with Crippen molar-refractivity contribution in [1.29, 1.82) is 0 Å². The molecule has 0 radical (unpaired) electrons. The molecule has 0 spiro atoms. The van der Waals surface area contributed by atoms with E-state index in [1.807, 2.05) is 24.5 Å². The van der Waals surface area contributed by atoms with Crippen LogP contribution < -0.4 is 5.32 Å². The van der Waals surface area contributed by atoms with Crippen LogP contribution in [0.1, 0.15) is 61.0 Å². The number of carbonyl (C=O) groups excluding carboxylic acids is 1. The topological polar surface area (TPSA) is 125 Å². The maximum absolute atomic E-state index is 14.0. The number of carboxylic acid groups (broad SMARTS) is 1. The molecule has 4 rings (SSSR count). The van der Waals surface area contributed by atoms with E-state index in [1.165, 1.54) is 24.3 Å². The van der Waals surface area contributed by atoms with Crippen molar-refractivity contribution < 1.29 is 33.7 Å². The molecule has 0 saturated carbocycles. The number of aliphatic hydroxyl groups is 2. The number of amides is 1. The van der Waals surface area contributed by atoms with E-state index in [4.69, 9.17) is 5.11 Å². The number of nitrogens with zero attached hydrogens (tertiary/aromatic N) is 2. The van der Waals surface area contributed by atoms with Crippen molar-refractivity contribution in [3.63, 3.8) is 0 Å². The molecule has 1 amide bonds. The van der Waals surface area contributed by atoms with Crippen LogP contribution in [0, 0.1) is 11.6 Å². The summed E-state index contributed by atoms with van der Waals surface area (Å²) in [6.45, 7) is 3.98. The van der Waals surface area contributed by atoms with E-state index in [0.717, 1.165) is 0 Å². The fourth-order valence-electron chi connectivity index (χ4n) is 5.28. The first-order chi connectivity index (χ1) is 20.5. The highest BCUT2D eigenvalue weighted by Crippen LogP contribution is 2.42. The van der Waals surface area contributed by atoms with Crippen molar-refractivity contribution in [2.45, 2.75) is 64.3 Å². The number of pyridine rings is 1. The van der Waals surface area contributed by atoms with Crippen LogP contribution in [0.5, 0.6) is 0 Å². The molecule has 2 atom stereocenters. The van der Waals surface area contributed by atoms with Gasteiger partial charge in [-0.2, -0.15) is 0 Å². The second-order valence-electron chi connectivity index (χ2n) is 10.7. The van der Waals surface area contributed by atoms with Crippen molar-refractivity contribution in [2.24, 2.45) is 0 Å². The number of hydrogen-bond donors (Lipinski definition) is 4. The van der Waals surface area contributed by atoms with Gasteiger partial charge in [0.15, 0.2) is 0 Å². The molecule has 2 aromatic heterocycles. The van der Waals surface area contributed by atoms with Gasteiger partial charge in [0.05, 0.1) is 30.9 Å². The largest absolute Gasteiger partial charge is 0.481 e. The van der Waals surface area contributed by atoms with E-state index in [1.54, 1.807) is 42.6 Å². The average molecular weight is 592 g/mol. The van der Waals surface area contributed by atoms with Crippen molar-refractivity contribution >= 4 is 11.9 Å². The highest BCUT2D eigenvalue weighted by molar-refractivity contribution is 6.05. The Kier molecular flexibility index (Phi) is 10.4. The Morgan fingerprint density at radius 3 is 2.02 bits per heavy atom. The number of carbonyl (C=O) groups is 2. The van der Waals surface area contributed by atoms with Crippen LogP contribution in [0.2, 0.25) is 0 Å². The molecular weight excluding hydrogens is 556 g/mol. The number of hydrogen-bond acceptors (Lipinski definition) is 5. The van der Waals surface area contributed by atoms with Gasteiger partial charge in [0.1, 0.15) is 17.3 Å². The highest BCUT2D eigenvalue weighted by Gasteiger charge is 2.30. The van der Waals surface area contributed by atoms with Crippen LogP contribution in [0.25, 0.3) is 22.3 Å². The van der Waals surface area contributed by atoms with Crippen LogP contribution in [0.3, 0.4) is 0 Å². The highest BCUT2D eigenvalue weighted by atomic mass is 19.1. The van der Waals surface area contributed by atoms with Gasteiger partial charge < -0.3 is 25.2 Å². The molecule has 2 aromatic carbocycles. The number of rotatable bonds is 13. The number of aliphatic hydroxyl groups excluding tert-OH is 2. The molecule has 43 heavy (non-hydrogen) atoms. The summed E-state index contributed by atoms with van der Waals surface area (Å²) in [6, 6.07) is 16.8. The van der Waals surface area contributed by atoms with Crippen LogP contribution in [-0.4, -0.2) is 49.0 Å². The van der Waals surface area contributed by atoms with Crippen molar-refractivity contribution in [1.82, 2.24) is 14.9 Å². The molecule has 0 fully saturated rings. The summed E-state index contributed by atoms with van der Waals surface area (Å²) >= 11 is 0. The molecule has 4 N–H and O–H groups in total. The van der Waals surface area contributed by atoms with E-state index >= 15 is 0 Å². The second kappa shape index (κ2) is 14.2. The predicted molar refractivity (Wildman–Crippen MR) is 158 cm³/mol. The standard InChI is InChI=1S/C33H35F2N3O5/c1-20(2)38-28(15-14-26(39)17-27(40)18-29(41)42)30(21-6-10-23(34)11-7-21)31(22-8-12-24(35)13-9-22)32(38)33(43)37-19-25-5-3-4-16-36-25/h3-13,16,20,26-27,39-40H,14-15,17-19H2,1-2H3,(H,37,43)(H,41,42). The minimum Gasteiger partial charge on any atom is -0.481 e. The number of nitrogens with one attached hydrogen (secondary N) is 1. The molecule has 10 heteroatoms. The molecule has 2 heterocycles. The number of aromatic nitrogens is 2. The van der Waals surface area contributed by atoms with Gasteiger partial charge in [0.2, 0.25) is 0 Å². The fraction of sp³-hybridized carbons (Fsp3) is 0.303. The van der Waals surface area contributed by atoms with Gasteiger partial charge in [-0.05, 0) is 80.6 Å². The lowest BCUT2D eigenvalue weighted by Crippen LogP contribution is -2.27. The molecule has 226 valence electrons. The van der Waals surface area contributed by atoms with Crippen LogP contribution in [0.15, 0.2) is 72.9 Å². The van der Waals surface area contributed by atoms with Crippen molar-refractivity contribution in [3.05, 3.63) is 102 Å². The number of halogens is 2. The van der Waals surface area contributed by atoms with Gasteiger partial charge in [0, 0.05) is 29.1 Å². The lowest BCUT2D eigenvalue weighted by atomic mass is 9.92. The monoisotopic (exact) mass is 591 g/mol. The minimum absolute atomic E-state index is 0.136. The third-order valence-electron chi connectivity index (χ3n) is 7.13. The SMILES string of the molecule is CC(C)n1c(CCC(O)CC(O)CC(=O)O)c(-c2ccc(F)cc2)c(-c2ccc(F)cc2)c1C(=O)NCc1ccccn1. The van der Waals surface area contributed by atoms with Gasteiger partial charge >= 0.3 is 5.97 Å². The summed E-state index contributed by atoms with van der Waals surface area (Å²) in [4.78, 5) is 29.3. The Hall–Kier alpha value is -4.41. The van der Waals surface area contributed by atoms with Crippen molar-refractivity contribution in [3.8, 4) is 22.3 Å².